The van der Waals surface area contributed by atoms with Crippen LogP contribution in [0.3, 0.4) is 0 Å². The zero-order chi connectivity index (χ0) is 19.8. The lowest BCUT2D eigenvalue weighted by atomic mass is 10.0. The van der Waals surface area contributed by atoms with Crippen LogP contribution in [0.1, 0.15) is 23.2 Å². The Hall–Kier alpha value is -3.27. The molecule has 0 radical (unpaired) electrons. The smallest absolute Gasteiger partial charge is 0.414 e. The molecule has 10 nitrogen and oxygen atoms in total. The number of benzene rings is 1. The molecule has 2 heterocycles. The van der Waals surface area contributed by atoms with Crippen molar-refractivity contribution in [3.63, 3.8) is 0 Å². The summed E-state index contributed by atoms with van der Waals surface area (Å²) in [5.41, 5.74) is 1.16. The summed E-state index contributed by atoms with van der Waals surface area (Å²) < 4.78 is 9.95. The molecular formula is C17H19N3O7. The lowest BCUT2D eigenvalue weighted by molar-refractivity contribution is -0.159. The Morgan fingerprint density at radius 1 is 1.19 bits per heavy atom. The molecule has 1 fully saturated rings. The number of aromatic nitrogens is 2. The third-order valence-corrected chi connectivity index (χ3v) is 3.76. The molecule has 1 aliphatic heterocycles. The molecule has 27 heavy (non-hydrogen) atoms. The monoisotopic (exact) mass is 377 g/mol. The molecule has 1 saturated heterocycles. The second-order valence-electron chi connectivity index (χ2n) is 5.79. The van der Waals surface area contributed by atoms with Crippen molar-refractivity contribution in [2.75, 3.05) is 26.7 Å². The van der Waals surface area contributed by atoms with Crippen molar-refractivity contribution >= 4 is 17.9 Å². The predicted octanol–water partition coefficient (Wildman–Crippen LogP) is 0.388. The molecule has 3 rings (SSSR count). The molecule has 0 atom stereocenters. The largest absolute Gasteiger partial charge is 0.473 e. The highest BCUT2D eigenvalue weighted by Crippen LogP contribution is 2.25. The van der Waals surface area contributed by atoms with Gasteiger partial charge in [0, 0.05) is 19.5 Å². The quantitative estimate of drug-likeness (QED) is 0.554. The molecule has 0 aliphatic carbocycles. The van der Waals surface area contributed by atoms with Crippen LogP contribution in [-0.2, 0) is 25.5 Å². The van der Waals surface area contributed by atoms with Crippen molar-refractivity contribution < 1.29 is 33.9 Å². The molecule has 1 aliphatic rings. The number of hydrogen-bond acceptors (Lipinski definition) is 8. The summed E-state index contributed by atoms with van der Waals surface area (Å²) >= 11 is 0. The summed E-state index contributed by atoms with van der Waals surface area (Å²) in [4.78, 5) is 35.8. The number of esters is 1. The number of hydrogen-bond donors (Lipinski definition) is 2. The summed E-state index contributed by atoms with van der Waals surface area (Å²) in [5.74, 6) is -2.30. The van der Waals surface area contributed by atoms with Gasteiger partial charge in [-0.25, -0.2) is 9.59 Å². The SMILES string of the molecule is COC(=O)CN1CC(c2nc(Cc3ccccc3)no2)C1.O=C(O)C(=O)O. The fourth-order valence-electron chi connectivity index (χ4n) is 2.39. The Kier molecular flexibility index (Phi) is 7.00. The number of carbonyl (C=O) groups is 3. The zero-order valence-corrected chi connectivity index (χ0v) is 14.6. The van der Waals surface area contributed by atoms with E-state index in [1.54, 1.807) is 0 Å². The fourth-order valence-corrected chi connectivity index (χ4v) is 2.39. The number of carboxylic acids is 2. The van der Waals surface area contributed by atoms with E-state index in [9.17, 15) is 4.79 Å². The van der Waals surface area contributed by atoms with E-state index in [1.807, 2.05) is 35.2 Å². The number of likely N-dealkylation sites (tertiary alicyclic amines) is 1. The number of nitrogens with zero attached hydrogens (tertiary/aromatic N) is 3. The average molecular weight is 377 g/mol. The number of methoxy groups -OCH3 is 1. The van der Waals surface area contributed by atoms with Crippen molar-refractivity contribution in [1.82, 2.24) is 15.0 Å². The molecule has 0 spiro atoms. The van der Waals surface area contributed by atoms with Crippen molar-refractivity contribution in [3.8, 4) is 0 Å². The minimum absolute atomic E-state index is 0.215. The van der Waals surface area contributed by atoms with Crippen LogP contribution in [0, 0.1) is 0 Å². The van der Waals surface area contributed by atoms with Crippen LogP contribution in [0.25, 0.3) is 0 Å². The Labute approximate surface area is 154 Å². The highest BCUT2D eigenvalue weighted by Gasteiger charge is 2.33. The first-order chi connectivity index (χ1) is 12.9. The Morgan fingerprint density at radius 3 is 2.37 bits per heavy atom. The Balaban J connectivity index is 0.000000380. The van der Waals surface area contributed by atoms with E-state index >= 15 is 0 Å². The predicted molar refractivity (Wildman–Crippen MR) is 90.0 cm³/mol. The molecule has 1 aromatic carbocycles. The van der Waals surface area contributed by atoms with E-state index in [0.29, 0.717) is 24.7 Å². The molecule has 10 heteroatoms. The number of aliphatic carboxylic acids is 2. The van der Waals surface area contributed by atoms with E-state index in [4.69, 9.17) is 24.3 Å². The molecule has 2 aromatic rings. The number of rotatable bonds is 5. The highest BCUT2D eigenvalue weighted by molar-refractivity contribution is 6.27. The van der Waals surface area contributed by atoms with Crippen LogP contribution in [0.15, 0.2) is 34.9 Å². The number of ether oxygens (including phenoxy) is 1. The normalized spacial score (nSPS) is 13.8. The summed E-state index contributed by atoms with van der Waals surface area (Å²) in [5, 5.41) is 18.8. The summed E-state index contributed by atoms with van der Waals surface area (Å²) in [6, 6.07) is 10.0. The van der Waals surface area contributed by atoms with Crippen molar-refractivity contribution in [1.29, 1.82) is 0 Å². The van der Waals surface area contributed by atoms with E-state index in [1.165, 1.54) is 7.11 Å². The van der Waals surface area contributed by atoms with Crippen molar-refractivity contribution in [3.05, 3.63) is 47.6 Å². The molecule has 1 aromatic heterocycles. The van der Waals surface area contributed by atoms with Gasteiger partial charge < -0.3 is 19.5 Å². The molecule has 0 saturated carbocycles. The number of carbonyl (C=O) groups excluding carboxylic acids is 1. The van der Waals surface area contributed by atoms with Crippen molar-refractivity contribution in [2.45, 2.75) is 12.3 Å². The second kappa shape index (κ2) is 9.43. The number of carboxylic acid groups (broad SMARTS) is 2. The topological polar surface area (TPSA) is 143 Å². The lowest BCUT2D eigenvalue weighted by Crippen LogP contribution is -2.47. The van der Waals surface area contributed by atoms with Gasteiger partial charge in [0.05, 0.1) is 19.6 Å². The molecule has 2 N–H and O–H groups in total. The molecule has 0 bridgehead atoms. The molecule has 144 valence electrons. The summed E-state index contributed by atoms with van der Waals surface area (Å²) in [6.45, 7) is 1.82. The van der Waals surface area contributed by atoms with Gasteiger partial charge in [-0.05, 0) is 5.56 Å². The first kappa shape index (κ1) is 20.0. The summed E-state index contributed by atoms with van der Waals surface area (Å²) in [7, 11) is 1.40. The average Bonchev–Trinajstić information content (AvgIpc) is 3.06. The van der Waals surface area contributed by atoms with Crippen LogP contribution < -0.4 is 0 Å². The third-order valence-electron chi connectivity index (χ3n) is 3.76. The third kappa shape index (κ3) is 6.19. The maximum absolute atomic E-state index is 11.2. The fraction of sp³-hybridized carbons (Fsp3) is 0.353. The first-order valence-electron chi connectivity index (χ1n) is 8.00. The van der Waals surface area contributed by atoms with Crippen LogP contribution in [0.2, 0.25) is 0 Å². The highest BCUT2D eigenvalue weighted by atomic mass is 16.5. The van der Waals surface area contributed by atoms with E-state index < -0.39 is 11.9 Å². The molecule has 0 unspecified atom stereocenters. The second-order valence-corrected chi connectivity index (χ2v) is 5.79. The van der Waals surface area contributed by atoms with Gasteiger partial charge in [-0.3, -0.25) is 9.69 Å². The van der Waals surface area contributed by atoms with Crippen molar-refractivity contribution in [2.24, 2.45) is 0 Å². The van der Waals surface area contributed by atoms with Gasteiger partial charge >= 0.3 is 17.9 Å². The standard InChI is InChI=1S/C15H17N3O3.C2H2O4/c1-20-14(19)10-18-8-12(9-18)15-16-13(17-21-15)7-11-5-3-2-4-6-11;3-1(4)2(5)6/h2-6,12H,7-10H2,1H3;(H,3,4)(H,5,6). The van der Waals surface area contributed by atoms with E-state index in [0.717, 1.165) is 18.7 Å². The van der Waals surface area contributed by atoms with Gasteiger partial charge in [0.25, 0.3) is 0 Å². The minimum Gasteiger partial charge on any atom is -0.473 e. The lowest BCUT2D eigenvalue weighted by Gasteiger charge is -2.35. The Bertz CT molecular complexity index is 773. The van der Waals surface area contributed by atoms with E-state index in [-0.39, 0.29) is 11.9 Å². The summed E-state index contributed by atoms with van der Waals surface area (Å²) in [6.07, 6.45) is 0.670. The van der Waals surface area contributed by atoms with Crippen LogP contribution in [0.5, 0.6) is 0 Å². The minimum atomic E-state index is -1.82. The van der Waals surface area contributed by atoms with Gasteiger partial charge in [0.15, 0.2) is 5.82 Å². The van der Waals surface area contributed by atoms with Crippen LogP contribution in [-0.4, -0.2) is 69.9 Å². The van der Waals surface area contributed by atoms with Gasteiger partial charge in [-0.1, -0.05) is 35.5 Å². The Morgan fingerprint density at radius 2 is 1.81 bits per heavy atom. The van der Waals surface area contributed by atoms with Crippen LogP contribution >= 0.6 is 0 Å². The van der Waals surface area contributed by atoms with E-state index in [2.05, 4.69) is 14.9 Å². The zero-order valence-electron chi connectivity index (χ0n) is 14.6. The molecular weight excluding hydrogens is 358 g/mol. The maximum Gasteiger partial charge on any atom is 0.414 e. The van der Waals surface area contributed by atoms with Gasteiger partial charge in [-0.2, -0.15) is 4.98 Å². The van der Waals surface area contributed by atoms with Crippen LogP contribution in [0.4, 0.5) is 0 Å². The first-order valence-corrected chi connectivity index (χ1v) is 8.00. The van der Waals surface area contributed by atoms with Gasteiger partial charge in [0.2, 0.25) is 5.89 Å². The maximum atomic E-state index is 11.2. The van der Waals surface area contributed by atoms with Gasteiger partial charge in [-0.15, -0.1) is 0 Å². The van der Waals surface area contributed by atoms with Gasteiger partial charge in [0.1, 0.15) is 0 Å². The molecule has 0 amide bonds.